The van der Waals surface area contributed by atoms with Crippen molar-refractivity contribution < 1.29 is 16.5 Å². The van der Waals surface area contributed by atoms with E-state index in [4.69, 9.17) is 0 Å². The normalized spacial score (nSPS) is 11.6. The fourth-order valence-corrected chi connectivity index (χ4v) is 0.842. The maximum atomic E-state index is 4.12. The summed E-state index contributed by atoms with van der Waals surface area (Å²) in [5.41, 5.74) is 0. The van der Waals surface area contributed by atoms with E-state index in [9.17, 15) is 0 Å². The molecule has 0 atom stereocenters. The van der Waals surface area contributed by atoms with Gasteiger partial charge in [0.1, 0.15) is 0 Å². The molecular formula is C16H32N4Ni-2. The van der Waals surface area contributed by atoms with Gasteiger partial charge in [-0.25, -0.2) is 12.4 Å². The second kappa shape index (κ2) is 17.2. The van der Waals surface area contributed by atoms with Crippen LogP contribution in [0, 0.1) is 0 Å². The second-order valence-electron chi connectivity index (χ2n) is 5.57. The van der Waals surface area contributed by atoms with Crippen LogP contribution >= 0.6 is 0 Å². The van der Waals surface area contributed by atoms with Gasteiger partial charge in [-0.05, 0) is 27.7 Å². The van der Waals surface area contributed by atoms with Crippen LogP contribution in [0.2, 0.25) is 0 Å². The quantitative estimate of drug-likeness (QED) is 0.465. The van der Waals surface area contributed by atoms with Crippen molar-refractivity contribution >= 4 is 12.4 Å². The Morgan fingerprint density at radius 2 is 0.905 bits per heavy atom. The summed E-state index contributed by atoms with van der Waals surface area (Å²) >= 11 is 0. The molecule has 0 aromatic rings. The van der Waals surface area contributed by atoms with E-state index in [-0.39, 0.29) is 16.5 Å². The molecule has 0 aliphatic carbocycles. The molecule has 0 saturated heterocycles. The van der Waals surface area contributed by atoms with Crippen LogP contribution in [0.1, 0.15) is 55.4 Å². The predicted molar refractivity (Wildman–Crippen MR) is 93.4 cm³/mol. The van der Waals surface area contributed by atoms with E-state index in [1.165, 1.54) is 0 Å². The Morgan fingerprint density at radius 1 is 0.619 bits per heavy atom. The zero-order valence-electron chi connectivity index (χ0n) is 14.7. The van der Waals surface area contributed by atoms with Crippen LogP contribution in [-0.4, -0.2) is 36.6 Å². The summed E-state index contributed by atoms with van der Waals surface area (Å²) in [6, 6.07) is 1.49. The van der Waals surface area contributed by atoms with Gasteiger partial charge < -0.3 is 10.6 Å². The number of hydrogen-bond acceptors (Lipinski definition) is 2. The van der Waals surface area contributed by atoms with E-state index in [1.807, 2.05) is 55.4 Å². The Kier molecular flexibility index (Phi) is 20.6. The van der Waals surface area contributed by atoms with Gasteiger partial charge in [-0.1, -0.05) is 27.7 Å². The van der Waals surface area contributed by atoms with Gasteiger partial charge in [0.15, 0.2) is 0 Å². The molecule has 128 valence electrons. The first kappa shape index (κ1) is 25.1. The smallest absolute Gasteiger partial charge is 0.0443 e. The van der Waals surface area contributed by atoms with Gasteiger partial charge in [-0.2, -0.15) is 0 Å². The molecule has 0 aliphatic rings. The molecule has 0 aromatic carbocycles. The molecular weight excluding hydrogens is 307 g/mol. The van der Waals surface area contributed by atoms with Crippen LogP contribution in [0.4, 0.5) is 0 Å². The van der Waals surface area contributed by atoms with Crippen LogP contribution in [0.5, 0.6) is 0 Å². The van der Waals surface area contributed by atoms with Crippen molar-refractivity contribution in [2.45, 2.75) is 79.6 Å². The van der Waals surface area contributed by atoms with Crippen molar-refractivity contribution in [2.24, 2.45) is 9.98 Å². The zero-order valence-corrected chi connectivity index (χ0v) is 15.7. The molecule has 0 aliphatic heterocycles. The standard InChI is InChI=1S/2C8H16N2.Ni/c2*1-7(2)9-5-6-10-8(3)4;/h2*5-8H,1-4H3;/q;-2;. The van der Waals surface area contributed by atoms with Crippen molar-refractivity contribution in [3.8, 4) is 0 Å². The summed E-state index contributed by atoms with van der Waals surface area (Å²) in [5.74, 6) is 0. The maximum absolute atomic E-state index is 4.12. The Bertz CT molecular complexity index is 254. The molecule has 0 saturated carbocycles. The van der Waals surface area contributed by atoms with E-state index in [1.54, 1.807) is 24.8 Å². The SMILES string of the molecule is CC(C)N=CC=NC(C)C.CC(C)[N-]C=C[N-]C(C)C.[Ni]. The van der Waals surface area contributed by atoms with E-state index in [0.29, 0.717) is 24.2 Å². The van der Waals surface area contributed by atoms with Crippen LogP contribution in [0.3, 0.4) is 0 Å². The molecule has 0 aromatic heterocycles. The molecule has 0 spiro atoms. The van der Waals surface area contributed by atoms with E-state index in [2.05, 4.69) is 20.6 Å². The molecule has 0 fully saturated rings. The molecule has 0 radical (unpaired) electrons. The van der Waals surface area contributed by atoms with Gasteiger partial charge >= 0.3 is 0 Å². The largest absolute Gasteiger partial charge is 0.690 e. The van der Waals surface area contributed by atoms with Crippen LogP contribution in [-0.2, 0) is 16.5 Å². The van der Waals surface area contributed by atoms with Crippen molar-refractivity contribution in [2.75, 3.05) is 0 Å². The van der Waals surface area contributed by atoms with Crippen LogP contribution in [0.25, 0.3) is 10.6 Å². The minimum Gasteiger partial charge on any atom is -0.690 e. The van der Waals surface area contributed by atoms with E-state index < -0.39 is 0 Å². The fourth-order valence-electron chi connectivity index (χ4n) is 0.842. The molecule has 0 amide bonds. The summed E-state index contributed by atoms with van der Waals surface area (Å²) in [7, 11) is 0. The fraction of sp³-hybridized carbons (Fsp3) is 0.750. The summed E-state index contributed by atoms with van der Waals surface area (Å²) in [6.07, 6.45) is 7.02. The molecule has 0 rings (SSSR count). The summed E-state index contributed by atoms with van der Waals surface area (Å²) in [4.78, 5) is 8.24. The minimum atomic E-state index is 0. The van der Waals surface area contributed by atoms with Crippen LogP contribution < -0.4 is 0 Å². The molecule has 21 heavy (non-hydrogen) atoms. The van der Waals surface area contributed by atoms with Gasteiger partial charge in [0.25, 0.3) is 0 Å². The third-order valence-electron chi connectivity index (χ3n) is 1.67. The molecule has 0 bridgehead atoms. The molecule has 0 unspecified atom stereocenters. The van der Waals surface area contributed by atoms with Crippen molar-refractivity contribution in [1.29, 1.82) is 0 Å². The molecule has 0 heterocycles. The topological polar surface area (TPSA) is 52.9 Å². The van der Waals surface area contributed by atoms with Crippen molar-refractivity contribution in [3.63, 3.8) is 0 Å². The molecule has 4 nitrogen and oxygen atoms in total. The average molecular weight is 339 g/mol. The Labute approximate surface area is 141 Å². The van der Waals surface area contributed by atoms with E-state index in [0.717, 1.165) is 0 Å². The summed E-state index contributed by atoms with van der Waals surface area (Å²) in [6.45, 7) is 16.3. The molecule has 0 N–H and O–H groups in total. The predicted octanol–water partition coefficient (Wildman–Crippen LogP) is 4.96. The van der Waals surface area contributed by atoms with E-state index >= 15 is 0 Å². The Balaban J connectivity index is -0.000000295. The molecule has 5 heteroatoms. The zero-order chi connectivity index (χ0) is 16.0. The number of nitrogens with zero attached hydrogens (tertiary/aromatic N) is 4. The minimum absolute atomic E-state index is 0. The monoisotopic (exact) mass is 338 g/mol. The number of hydrogen-bond donors (Lipinski definition) is 0. The second-order valence-corrected chi connectivity index (χ2v) is 5.57. The average Bonchev–Trinajstić information content (AvgIpc) is 2.30. The number of aliphatic imine (C=N–C) groups is 2. The van der Waals surface area contributed by atoms with Crippen LogP contribution in [0.15, 0.2) is 22.4 Å². The maximum Gasteiger partial charge on any atom is 0.0443 e. The Morgan fingerprint density at radius 3 is 1.10 bits per heavy atom. The van der Waals surface area contributed by atoms with Crippen molar-refractivity contribution in [1.82, 2.24) is 0 Å². The Hall–Kier alpha value is -0.826. The first-order chi connectivity index (χ1) is 9.25. The third kappa shape index (κ3) is 32.6. The van der Waals surface area contributed by atoms with Gasteiger partial charge in [0.05, 0.1) is 0 Å². The number of rotatable bonds is 7. The summed E-state index contributed by atoms with van der Waals surface area (Å²) < 4.78 is 0. The first-order valence-electron chi connectivity index (χ1n) is 7.35. The first-order valence-corrected chi connectivity index (χ1v) is 7.35. The van der Waals surface area contributed by atoms with Gasteiger partial charge in [0.2, 0.25) is 0 Å². The van der Waals surface area contributed by atoms with Crippen molar-refractivity contribution in [3.05, 3.63) is 23.0 Å². The van der Waals surface area contributed by atoms with Gasteiger partial charge in [-0.15, -0.1) is 12.1 Å². The van der Waals surface area contributed by atoms with Gasteiger partial charge in [-0.3, -0.25) is 9.98 Å². The van der Waals surface area contributed by atoms with Gasteiger partial charge in [0, 0.05) is 41.0 Å². The third-order valence-corrected chi connectivity index (χ3v) is 1.67. The summed E-state index contributed by atoms with van der Waals surface area (Å²) in [5, 5.41) is 8.24.